The standard InChI is InChI=1S/C15H23FN2O2S/c1-15(2,3)10-18-21(19,20)14-8-11(4-7-13(14)16)9-17-12-5-6-12/h4,7-8,12,17-18H,5-6,9-10H2,1-3H3. The summed E-state index contributed by atoms with van der Waals surface area (Å²) in [5.74, 6) is -0.716. The fourth-order valence-corrected chi connectivity index (χ4v) is 3.21. The van der Waals surface area contributed by atoms with Crippen LogP contribution in [0.2, 0.25) is 0 Å². The normalized spacial score (nSPS) is 16.2. The summed E-state index contributed by atoms with van der Waals surface area (Å²) in [5.41, 5.74) is 0.578. The van der Waals surface area contributed by atoms with Gasteiger partial charge in [0.15, 0.2) is 0 Å². The molecule has 1 saturated carbocycles. The molecule has 2 rings (SSSR count). The Bertz CT molecular complexity index is 605. The summed E-state index contributed by atoms with van der Waals surface area (Å²) in [7, 11) is -3.82. The van der Waals surface area contributed by atoms with Gasteiger partial charge in [-0.1, -0.05) is 26.8 Å². The zero-order valence-electron chi connectivity index (χ0n) is 12.7. The predicted octanol–water partition coefficient (Wildman–Crippen LogP) is 2.40. The minimum absolute atomic E-state index is 0.200. The third-order valence-electron chi connectivity index (χ3n) is 3.25. The highest BCUT2D eigenvalue weighted by molar-refractivity contribution is 7.89. The Hall–Kier alpha value is -0.980. The molecule has 4 nitrogen and oxygen atoms in total. The van der Waals surface area contributed by atoms with Gasteiger partial charge in [0.25, 0.3) is 0 Å². The number of sulfonamides is 1. The van der Waals surface area contributed by atoms with E-state index in [0.717, 1.165) is 18.4 Å². The van der Waals surface area contributed by atoms with Gasteiger partial charge in [-0.05, 0) is 36.0 Å². The van der Waals surface area contributed by atoms with Crippen LogP contribution in [0.15, 0.2) is 23.1 Å². The van der Waals surface area contributed by atoms with Crippen molar-refractivity contribution in [2.45, 2.75) is 51.1 Å². The van der Waals surface area contributed by atoms with Gasteiger partial charge >= 0.3 is 0 Å². The number of hydrogen-bond acceptors (Lipinski definition) is 3. The maximum Gasteiger partial charge on any atom is 0.243 e. The molecule has 0 radical (unpaired) electrons. The first kappa shape index (κ1) is 16.4. The first-order chi connectivity index (χ1) is 9.67. The van der Waals surface area contributed by atoms with Crippen LogP contribution in [0.25, 0.3) is 0 Å². The summed E-state index contributed by atoms with van der Waals surface area (Å²) < 4.78 is 40.8. The number of halogens is 1. The average Bonchev–Trinajstić information content (AvgIpc) is 3.19. The Morgan fingerprint density at radius 1 is 1.29 bits per heavy atom. The van der Waals surface area contributed by atoms with Crippen LogP contribution >= 0.6 is 0 Å². The van der Waals surface area contributed by atoms with Crippen molar-refractivity contribution in [1.82, 2.24) is 10.0 Å². The second kappa shape index (κ2) is 6.02. The second-order valence-electron chi connectivity index (χ2n) is 6.81. The Kier molecular flexibility index (Phi) is 4.70. The van der Waals surface area contributed by atoms with Crippen molar-refractivity contribution in [3.05, 3.63) is 29.6 Å². The fourth-order valence-electron chi connectivity index (χ4n) is 1.80. The van der Waals surface area contributed by atoms with Gasteiger partial charge in [0.05, 0.1) is 0 Å². The smallest absolute Gasteiger partial charge is 0.243 e. The van der Waals surface area contributed by atoms with Gasteiger partial charge in [0.1, 0.15) is 10.7 Å². The Balaban J connectivity index is 2.13. The van der Waals surface area contributed by atoms with Crippen LogP contribution in [-0.2, 0) is 16.6 Å². The first-order valence-electron chi connectivity index (χ1n) is 7.19. The van der Waals surface area contributed by atoms with Gasteiger partial charge in [-0.25, -0.2) is 17.5 Å². The van der Waals surface area contributed by atoms with Crippen LogP contribution in [0.5, 0.6) is 0 Å². The highest BCUT2D eigenvalue weighted by Gasteiger charge is 2.23. The summed E-state index contributed by atoms with van der Waals surface area (Å²) in [6, 6.07) is 4.77. The number of benzene rings is 1. The SMILES string of the molecule is CC(C)(C)CNS(=O)(=O)c1cc(CNC2CC2)ccc1F. The van der Waals surface area contributed by atoms with Crippen LogP contribution in [0.3, 0.4) is 0 Å². The van der Waals surface area contributed by atoms with Crippen LogP contribution in [-0.4, -0.2) is 21.0 Å². The van der Waals surface area contributed by atoms with Crippen LogP contribution < -0.4 is 10.0 Å². The van der Waals surface area contributed by atoms with Gasteiger partial charge < -0.3 is 5.32 Å². The minimum Gasteiger partial charge on any atom is -0.310 e. The lowest BCUT2D eigenvalue weighted by Gasteiger charge is -2.19. The van der Waals surface area contributed by atoms with Crippen molar-refractivity contribution in [2.24, 2.45) is 5.41 Å². The topological polar surface area (TPSA) is 58.2 Å². The molecule has 0 saturated heterocycles. The number of nitrogens with one attached hydrogen (secondary N) is 2. The van der Waals surface area contributed by atoms with Crippen LogP contribution in [0.4, 0.5) is 4.39 Å². The van der Waals surface area contributed by atoms with Crippen molar-refractivity contribution in [3.63, 3.8) is 0 Å². The molecular weight excluding hydrogens is 291 g/mol. The Morgan fingerprint density at radius 3 is 2.52 bits per heavy atom. The molecule has 0 amide bonds. The second-order valence-corrected chi connectivity index (χ2v) is 8.54. The molecular formula is C15H23FN2O2S. The molecule has 1 aromatic rings. The van der Waals surface area contributed by atoms with Gasteiger partial charge in [0, 0.05) is 19.1 Å². The predicted molar refractivity (Wildman–Crippen MR) is 80.9 cm³/mol. The highest BCUT2D eigenvalue weighted by Crippen LogP contribution is 2.21. The molecule has 1 aliphatic rings. The molecule has 0 spiro atoms. The Labute approximate surface area is 126 Å². The van der Waals surface area contributed by atoms with E-state index in [-0.39, 0.29) is 16.9 Å². The summed E-state index contributed by atoms with van der Waals surface area (Å²) in [6.07, 6.45) is 2.30. The molecule has 1 fully saturated rings. The maximum atomic E-state index is 13.9. The molecule has 0 atom stereocenters. The molecule has 21 heavy (non-hydrogen) atoms. The van der Waals surface area contributed by atoms with E-state index < -0.39 is 15.8 Å². The highest BCUT2D eigenvalue weighted by atomic mass is 32.2. The summed E-state index contributed by atoms with van der Waals surface area (Å²) in [4.78, 5) is -0.276. The molecule has 0 heterocycles. The van der Waals surface area contributed by atoms with E-state index in [1.165, 1.54) is 12.1 Å². The lowest BCUT2D eigenvalue weighted by molar-refractivity contribution is 0.407. The quantitative estimate of drug-likeness (QED) is 0.848. The van der Waals surface area contributed by atoms with E-state index in [4.69, 9.17) is 0 Å². The largest absolute Gasteiger partial charge is 0.310 e. The maximum absolute atomic E-state index is 13.9. The van der Waals surface area contributed by atoms with Crippen molar-refractivity contribution in [3.8, 4) is 0 Å². The third kappa shape index (κ3) is 5.05. The molecule has 0 bridgehead atoms. The summed E-state index contributed by atoms with van der Waals surface area (Å²) in [6.45, 7) is 6.58. The number of rotatable bonds is 6. The van der Waals surface area contributed by atoms with Crippen molar-refractivity contribution in [1.29, 1.82) is 0 Å². The average molecular weight is 314 g/mol. The summed E-state index contributed by atoms with van der Waals surface area (Å²) in [5, 5.41) is 3.29. The lowest BCUT2D eigenvalue weighted by atomic mass is 9.98. The number of hydrogen-bond donors (Lipinski definition) is 2. The monoisotopic (exact) mass is 314 g/mol. The van der Waals surface area contributed by atoms with E-state index >= 15 is 0 Å². The lowest BCUT2D eigenvalue weighted by Crippen LogP contribution is -2.32. The third-order valence-corrected chi connectivity index (χ3v) is 4.67. The zero-order valence-corrected chi connectivity index (χ0v) is 13.6. The molecule has 2 N–H and O–H groups in total. The van der Waals surface area contributed by atoms with Crippen molar-refractivity contribution < 1.29 is 12.8 Å². The van der Waals surface area contributed by atoms with E-state index in [2.05, 4.69) is 10.0 Å². The van der Waals surface area contributed by atoms with Crippen molar-refractivity contribution >= 4 is 10.0 Å². The molecule has 1 aliphatic carbocycles. The zero-order chi connectivity index (χ0) is 15.7. The molecule has 0 aromatic heterocycles. The first-order valence-corrected chi connectivity index (χ1v) is 8.67. The van der Waals surface area contributed by atoms with Crippen LogP contribution in [0, 0.1) is 11.2 Å². The van der Waals surface area contributed by atoms with E-state index in [9.17, 15) is 12.8 Å². The van der Waals surface area contributed by atoms with Crippen molar-refractivity contribution in [2.75, 3.05) is 6.54 Å². The van der Waals surface area contributed by atoms with Gasteiger partial charge in [-0.15, -0.1) is 0 Å². The van der Waals surface area contributed by atoms with E-state index in [1.807, 2.05) is 20.8 Å². The minimum atomic E-state index is -3.82. The van der Waals surface area contributed by atoms with Gasteiger partial charge in [-0.2, -0.15) is 0 Å². The Morgan fingerprint density at radius 2 is 1.95 bits per heavy atom. The molecule has 118 valence electrons. The molecule has 1 aromatic carbocycles. The molecule has 0 aliphatic heterocycles. The fraction of sp³-hybridized carbons (Fsp3) is 0.600. The molecule has 0 unspecified atom stereocenters. The van der Waals surface area contributed by atoms with Gasteiger partial charge in [0.2, 0.25) is 10.0 Å². The van der Waals surface area contributed by atoms with E-state index in [1.54, 1.807) is 6.07 Å². The van der Waals surface area contributed by atoms with Crippen LogP contribution in [0.1, 0.15) is 39.2 Å². The van der Waals surface area contributed by atoms with Gasteiger partial charge in [-0.3, -0.25) is 0 Å². The van der Waals surface area contributed by atoms with E-state index in [0.29, 0.717) is 12.6 Å². The summed E-state index contributed by atoms with van der Waals surface area (Å²) >= 11 is 0. The molecule has 6 heteroatoms.